The van der Waals surface area contributed by atoms with E-state index in [2.05, 4.69) is 49.4 Å². The molecule has 1 heteroatoms. The maximum atomic E-state index is 5.24. The van der Waals surface area contributed by atoms with Gasteiger partial charge in [0.15, 0.2) is 0 Å². The lowest BCUT2D eigenvalue weighted by atomic mass is 9.81. The molecule has 0 N–H and O–H groups in total. The van der Waals surface area contributed by atoms with E-state index in [0.29, 0.717) is 0 Å². The minimum Gasteiger partial charge on any atom is -0.497 e. The van der Waals surface area contributed by atoms with Crippen molar-refractivity contribution in [3.05, 3.63) is 48.1 Å². The standard InChI is InChI=1S/C18H24O/c1-3-4-10-18(15-8-6-5-7-9-15)16-11-13-17(19-2)14-12-16/h3-4,10-15H,5-9H2,1-2H3/b4-3+,18-10-. The van der Waals surface area contributed by atoms with E-state index in [1.807, 2.05) is 0 Å². The van der Waals surface area contributed by atoms with Crippen LogP contribution in [-0.2, 0) is 0 Å². The van der Waals surface area contributed by atoms with Crippen molar-refractivity contribution in [2.24, 2.45) is 5.92 Å². The largest absolute Gasteiger partial charge is 0.497 e. The minimum absolute atomic E-state index is 0.721. The van der Waals surface area contributed by atoms with Crippen LogP contribution in [0.1, 0.15) is 44.6 Å². The monoisotopic (exact) mass is 256 g/mol. The van der Waals surface area contributed by atoms with Gasteiger partial charge in [-0.25, -0.2) is 0 Å². The lowest BCUT2D eigenvalue weighted by molar-refractivity contribution is 0.414. The zero-order valence-corrected chi connectivity index (χ0v) is 12.1. The minimum atomic E-state index is 0.721. The van der Waals surface area contributed by atoms with Crippen molar-refractivity contribution in [3.63, 3.8) is 0 Å². The van der Waals surface area contributed by atoms with Gasteiger partial charge in [-0.05, 0) is 49.0 Å². The Hall–Kier alpha value is -1.50. The predicted octanol–water partition coefficient (Wildman–Crippen LogP) is 5.24. The zero-order chi connectivity index (χ0) is 13.5. The fourth-order valence-corrected chi connectivity index (χ4v) is 2.86. The molecule has 1 aliphatic carbocycles. The molecule has 1 aromatic carbocycles. The third kappa shape index (κ3) is 3.73. The van der Waals surface area contributed by atoms with Gasteiger partial charge in [-0.1, -0.05) is 49.6 Å². The van der Waals surface area contributed by atoms with Gasteiger partial charge in [0.05, 0.1) is 7.11 Å². The first-order valence-corrected chi connectivity index (χ1v) is 7.32. The van der Waals surface area contributed by atoms with E-state index in [9.17, 15) is 0 Å². The Bertz CT molecular complexity index is 433. The smallest absolute Gasteiger partial charge is 0.118 e. The first-order valence-electron chi connectivity index (χ1n) is 7.32. The Morgan fingerprint density at radius 1 is 1.11 bits per heavy atom. The zero-order valence-electron chi connectivity index (χ0n) is 12.1. The lowest BCUT2D eigenvalue weighted by Crippen LogP contribution is -2.08. The van der Waals surface area contributed by atoms with E-state index in [1.54, 1.807) is 7.11 Å². The predicted molar refractivity (Wildman–Crippen MR) is 82.4 cm³/mol. The number of hydrogen-bond acceptors (Lipinski definition) is 1. The van der Waals surface area contributed by atoms with Gasteiger partial charge >= 0.3 is 0 Å². The van der Waals surface area contributed by atoms with Crippen molar-refractivity contribution < 1.29 is 4.74 Å². The van der Waals surface area contributed by atoms with Gasteiger partial charge in [-0.3, -0.25) is 0 Å². The molecule has 0 saturated heterocycles. The number of methoxy groups -OCH3 is 1. The molecule has 0 aliphatic heterocycles. The molecule has 102 valence electrons. The molecule has 0 heterocycles. The molecule has 0 radical (unpaired) electrons. The number of allylic oxidation sites excluding steroid dienone is 4. The number of benzene rings is 1. The average molecular weight is 256 g/mol. The lowest BCUT2D eigenvalue weighted by Gasteiger charge is -2.25. The van der Waals surface area contributed by atoms with Crippen molar-refractivity contribution in [1.29, 1.82) is 0 Å². The summed E-state index contributed by atoms with van der Waals surface area (Å²) in [5.74, 6) is 1.65. The summed E-state index contributed by atoms with van der Waals surface area (Å²) in [6.07, 6.45) is 13.3. The first-order chi connectivity index (χ1) is 9.35. The van der Waals surface area contributed by atoms with Crippen LogP contribution in [0, 0.1) is 5.92 Å². The van der Waals surface area contributed by atoms with Crippen LogP contribution in [0.2, 0.25) is 0 Å². The second-order valence-corrected chi connectivity index (χ2v) is 5.21. The number of ether oxygens (including phenoxy) is 1. The van der Waals surface area contributed by atoms with E-state index in [-0.39, 0.29) is 0 Å². The molecule has 0 bridgehead atoms. The molecule has 1 aliphatic rings. The summed E-state index contributed by atoms with van der Waals surface area (Å²) >= 11 is 0. The van der Waals surface area contributed by atoms with Crippen molar-refractivity contribution in [2.75, 3.05) is 7.11 Å². The van der Waals surface area contributed by atoms with Crippen LogP contribution in [0.15, 0.2) is 42.5 Å². The highest BCUT2D eigenvalue weighted by Crippen LogP contribution is 2.35. The molecular weight excluding hydrogens is 232 g/mol. The first kappa shape index (κ1) is 13.9. The van der Waals surface area contributed by atoms with Crippen LogP contribution in [-0.4, -0.2) is 7.11 Å². The molecule has 0 atom stereocenters. The summed E-state index contributed by atoms with van der Waals surface area (Å²) < 4.78 is 5.24. The molecule has 0 aromatic heterocycles. The SMILES string of the molecule is C/C=C/C=C(\c1ccc(OC)cc1)C1CCCCC1. The molecule has 1 aromatic rings. The highest BCUT2D eigenvalue weighted by Gasteiger charge is 2.18. The molecule has 0 amide bonds. The van der Waals surface area contributed by atoms with Crippen LogP contribution >= 0.6 is 0 Å². The Balaban J connectivity index is 2.25. The second kappa shape index (κ2) is 7.18. The quantitative estimate of drug-likeness (QED) is 0.670. The molecule has 1 fully saturated rings. The molecule has 0 spiro atoms. The summed E-state index contributed by atoms with van der Waals surface area (Å²) in [7, 11) is 1.71. The molecule has 19 heavy (non-hydrogen) atoms. The van der Waals surface area contributed by atoms with E-state index in [0.717, 1.165) is 11.7 Å². The van der Waals surface area contributed by atoms with Crippen molar-refractivity contribution in [2.45, 2.75) is 39.0 Å². The topological polar surface area (TPSA) is 9.23 Å². The average Bonchev–Trinajstić information content (AvgIpc) is 2.49. The van der Waals surface area contributed by atoms with Gasteiger partial charge in [0.1, 0.15) is 5.75 Å². The summed E-state index contributed by atoms with van der Waals surface area (Å²) in [6.45, 7) is 2.07. The summed E-state index contributed by atoms with van der Waals surface area (Å²) in [4.78, 5) is 0. The van der Waals surface area contributed by atoms with Crippen LogP contribution < -0.4 is 4.74 Å². The fourth-order valence-electron chi connectivity index (χ4n) is 2.86. The maximum Gasteiger partial charge on any atom is 0.118 e. The number of rotatable bonds is 4. The van der Waals surface area contributed by atoms with Crippen LogP contribution in [0.25, 0.3) is 5.57 Å². The Morgan fingerprint density at radius 3 is 2.37 bits per heavy atom. The van der Waals surface area contributed by atoms with Crippen molar-refractivity contribution in [1.82, 2.24) is 0 Å². The van der Waals surface area contributed by atoms with Crippen molar-refractivity contribution in [3.8, 4) is 5.75 Å². The Kier molecular flexibility index (Phi) is 5.26. The molecule has 0 unspecified atom stereocenters. The number of hydrogen-bond donors (Lipinski definition) is 0. The molecule has 1 saturated carbocycles. The molecular formula is C18H24O. The van der Waals surface area contributed by atoms with Crippen LogP contribution in [0.4, 0.5) is 0 Å². The third-order valence-corrected chi connectivity index (χ3v) is 3.94. The van der Waals surface area contributed by atoms with Crippen molar-refractivity contribution >= 4 is 5.57 Å². The fraction of sp³-hybridized carbons (Fsp3) is 0.444. The van der Waals surface area contributed by atoms with E-state index >= 15 is 0 Å². The highest BCUT2D eigenvalue weighted by molar-refractivity contribution is 5.69. The van der Waals surface area contributed by atoms with Gasteiger partial charge in [0.2, 0.25) is 0 Å². The highest BCUT2D eigenvalue weighted by atomic mass is 16.5. The van der Waals surface area contributed by atoms with Gasteiger partial charge in [0.25, 0.3) is 0 Å². The summed E-state index contributed by atoms with van der Waals surface area (Å²) in [6, 6.07) is 8.48. The van der Waals surface area contributed by atoms with Gasteiger partial charge in [0, 0.05) is 0 Å². The summed E-state index contributed by atoms with van der Waals surface area (Å²) in [5.41, 5.74) is 2.83. The van der Waals surface area contributed by atoms with Gasteiger partial charge in [-0.15, -0.1) is 0 Å². The summed E-state index contributed by atoms with van der Waals surface area (Å²) in [5, 5.41) is 0. The van der Waals surface area contributed by atoms with Gasteiger partial charge < -0.3 is 4.74 Å². The van der Waals surface area contributed by atoms with Crippen LogP contribution in [0.3, 0.4) is 0 Å². The third-order valence-electron chi connectivity index (χ3n) is 3.94. The van der Waals surface area contributed by atoms with E-state index in [1.165, 1.54) is 43.2 Å². The van der Waals surface area contributed by atoms with Gasteiger partial charge in [-0.2, -0.15) is 0 Å². The maximum absolute atomic E-state index is 5.24. The van der Waals surface area contributed by atoms with Crippen LogP contribution in [0.5, 0.6) is 5.75 Å². The molecule has 2 rings (SSSR count). The van der Waals surface area contributed by atoms with E-state index in [4.69, 9.17) is 4.74 Å². The second-order valence-electron chi connectivity index (χ2n) is 5.21. The molecule has 1 nitrogen and oxygen atoms in total. The Labute approximate surface area is 117 Å². The van der Waals surface area contributed by atoms with E-state index < -0.39 is 0 Å². The normalized spacial score (nSPS) is 17.9. The Morgan fingerprint density at radius 2 is 1.79 bits per heavy atom.